The van der Waals surface area contributed by atoms with Gasteiger partial charge in [0, 0.05) is 17.3 Å². The molecule has 0 saturated carbocycles. The first kappa shape index (κ1) is 25.4. The molecule has 2 N–H and O–H groups in total. The van der Waals surface area contributed by atoms with Gasteiger partial charge in [-0.15, -0.1) is 0 Å². The van der Waals surface area contributed by atoms with Crippen LogP contribution in [-0.4, -0.2) is 51.2 Å². The fourth-order valence-electron chi connectivity index (χ4n) is 2.17. The predicted molar refractivity (Wildman–Crippen MR) is 125 cm³/mol. The molecule has 0 aliphatic carbocycles. The van der Waals surface area contributed by atoms with Crippen LogP contribution in [0.4, 0.5) is 5.69 Å². The molecule has 1 aromatic rings. The maximum Gasteiger partial charge on any atom is 0.325 e. The summed E-state index contributed by atoms with van der Waals surface area (Å²) in [4.78, 5) is 36.3. The second kappa shape index (κ2) is 11.0. The van der Waals surface area contributed by atoms with Crippen molar-refractivity contribution in [3.05, 3.63) is 27.3 Å². The first-order chi connectivity index (χ1) is 13.3. The molecule has 0 aliphatic rings. The van der Waals surface area contributed by atoms with Crippen LogP contribution in [0.15, 0.2) is 18.2 Å². The van der Waals surface area contributed by atoms with Crippen molar-refractivity contribution in [2.75, 3.05) is 25.0 Å². The molecule has 0 bridgehead atoms. The van der Waals surface area contributed by atoms with Gasteiger partial charge in [-0.3, -0.25) is 14.4 Å². The number of nitrogens with one attached hydrogen (secondary N) is 2. The van der Waals surface area contributed by atoms with Gasteiger partial charge in [0.1, 0.15) is 18.7 Å². The van der Waals surface area contributed by atoms with E-state index in [0.717, 1.165) is 9.61 Å². The van der Waals surface area contributed by atoms with Gasteiger partial charge in [0.2, 0.25) is 0 Å². The van der Waals surface area contributed by atoms with Crippen molar-refractivity contribution in [2.45, 2.75) is 52.1 Å². The summed E-state index contributed by atoms with van der Waals surface area (Å²) in [6.07, 6.45) is 0. The molecule has 0 unspecified atom stereocenters. The fourth-order valence-corrected chi connectivity index (χ4v) is 3.38. The largest absolute Gasteiger partial charge is 0.465 e. The first-order valence-electron chi connectivity index (χ1n) is 9.46. The van der Waals surface area contributed by atoms with Crippen molar-refractivity contribution in [3.8, 4) is 0 Å². The minimum absolute atomic E-state index is 0.0725. The summed E-state index contributed by atoms with van der Waals surface area (Å²) in [6.45, 7) is 12.1. The lowest BCUT2D eigenvalue weighted by Gasteiger charge is -2.20. The summed E-state index contributed by atoms with van der Waals surface area (Å²) in [5.74, 6) is -1.31. The molecule has 0 radical (unpaired) electrons. The Morgan fingerprint density at radius 1 is 1.07 bits per heavy atom. The molecular weight excluding hydrogens is 503 g/mol. The van der Waals surface area contributed by atoms with Crippen molar-refractivity contribution in [1.29, 1.82) is 0 Å². The zero-order chi connectivity index (χ0) is 22.2. The van der Waals surface area contributed by atoms with Crippen molar-refractivity contribution < 1.29 is 23.9 Å². The van der Waals surface area contributed by atoms with Crippen molar-refractivity contribution in [1.82, 2.24) is 5.32 Å². The van der Waals surface area contributed by atoms with Gasteiger partial charge in [0.15, 0.2) is 0 Å². The lowest BCUT2D eigenvalue weighted by atomic mass is 10.1. The van der Waals surface area contributed by atoms with Gasteiger partial charge in [0.05, 0.1) is 12.2 Å². The Kier molecular flexibility index (Phi) is 9.60. The molecule has 162 valence electrons. The average Bonchev–Trinajstić information content (AvgIpc) is 2.55. The number of hydrogen-bond acceptors (Lipinski definition) is 6. The monoisotopic (exact) mass is 534 g/mol. The number of benzene rings is 1. The number of halogens is 1. The smallest absolute Gasteiger partial charge is 0.325 e. The van der Waals surface area contributed by atoms with E-state index in [1.54, 1.807) is 32.9 Å². The number of esters is 2. The molecule has 0 saturated heterocycles. The number of rotatable bonds is 9. The Balaban J connectivity index is 2.65. The number of carbonyl (C=O) groups is 3. The van der Waals surface area contributed by atoms with E-state index in [9.17, 15) is 14.4 Å². The SMILES string of the molecule is CC(C)(C)OC(=O)CNc1ccc(I)cc1C(=O)NCC(=O)OCC[Si](C)(C)C. The van der Waals surface area contributed by atoms with E-state index in [1.165, 1.54) is 0 Å². The van der Waals surface area contributed by atoms with Gasteiger partial charge in [0.25, 0.3) is 5.91 Å². The molecule has 1 aromatic carbocycles. The number of amides is 1. The van der Waals surface area contributed by atoms with Crippen LogP contribution < -0.4 is 10.6 Å². The van der Waals surface area contributed by atoms with E-state index >= 15 is 0 Å². The van der Waals surface area contributed by atoms with Crippen LogP contribution in [-0.2, 0) is 19.1 Å². The summed E-state index contributed by atoms with van der Waals surface area (Å²) in [7, 11) is -1.28. The normalized spacial score (nSPS) is 11.6. The lowest BCUT2D eigenvalue weighted by Crippen LogP contribution is -2.32. The summed E-state index contributed by atoms with van der Waals surface area (Å²) in [5, 5.41) is 5.51. The molecule has 0 atom stereocenters. The molecule has 9 heteroatoms. The van der Waals surface area contributed by atoms with Crippen LogP contribution in [0.2, 0.25) is 25.7 Å². The molecule has 1 rings (SSSR count). The van der Waals surface area contributed by atoms with Crippen LogP contribution in [0, 0.1) is 3.57 Å². The maximum absolute atomic E-state index is 12.6. The number of hydrogen-bond donors (Lipinski definition) is 2. The number of carbonyl (C=O) groups excluding carboxylic acids is 3. The lowest BCUT2D eigenvalue weighted by molar-refractivity contribution is -0.152. The van der Waals surface area contributed by atoms with E-state index in [1.807, 2.05) is 6.07 Å². The third kappa shape index (κ3) is 11.2. The topological polar surface area (TPSA) is 93.7 Å². The standard InChI is InChI=1S/C20H31IN2O5Si/c1-20(2,3)28-18(25)13-22-16-8-7-14(21)11-15(16)19(26)23-12-17(24)27-9-10-29(4,5)6/h7-8,11,22H,9-10,12-13H2,1-6H3,(H,23,26). The minimum atomic E-state index is -1.28. The van der Waals surface area contributed by atoms with Gasteiger partial charge in [-0.2, -0.15) is 0 Å². The minimum Gasteiger partial charge on any atom is -0.465 e. The highest BCUT2D eigenvalue weighted by molar-refractivity contribution is 14.1. The zero-order valence-corrected chi connectivity index (χ0v) is 21.1. The highest BCUT2D eigenvalue weighted by Gasteiger charge is 2.18. The van der Waals surface area contributed by atoms with Gasteiger partial charge in [-0.25, -0.2) is 0 Å². The van der Waals surface area contributed by atoms with Crippen LogP contribution in [0.3, 0.4) is 0 Å². The third-order valence-corrected chi connectivity index (χ3v) is 5.95. The highest BCUT2D eigenvalue weighted by Crippen LogP contribution is 2.19. The molecule has 29 heavy (non-hydrogen) atoms. The fraction of sp³-hybridized carbons (Fsp3) is 0.550. The van der Waals surface area contributed by atoms with Crippen LogP contribution in [0.5, 0.6) is 0 Å². The summed E-state index contributed by atoms with van der Waals surface area (Å²) in [5.41, 5.74) is 0.247. The Morgan fingerprint density at radius 3 is 2.31 bits per heavy atom. The Hall–Kier alpha value is -1.62. The Labute approximate surface area is 187 Å². The number of anilines is 1. The number of ether oxygens (including phenoxy) is 2. The van der Waals surface area contributed by atoms with E-state index in [2.05, 4.69) is 52.9 Å². The molecular formula is C20H31IN2O5Si. The van der Waals surface area contributed by atoms with Gasteiger partial charge in [-0.05, 0) is 67.6 Å². The highest BCUT2D eigenvalue weighted by atomic mass is 127. The quantitative estimate of drug-likeness (QED) is 0.286. The van der Waals surface area contributed by atoms with Crippen LogP contribution in [0.25, 0.3) is 0 Å². The first-order valence-corrected chi connectivity index (χ1v) is 14.2. The molecule has 0 fully saturated rings. The van der Waals surface area contributed by atoms with Crippen LogP contribution in [0.1, 0.15) is 31.1 Å². The summed E-state index contributed by atoms with van der Waals surface area (Å²) < 4.78 is 11.3. The second-order valence-corrected chi connectivity index (χ2v) is 15.7. The molecule has 0 aliphatic heterocycles. The summed E-state index contributed by atoms with van der Waals surface area (Å²) >= 11 is 2.10. The molecule has 0 heterocycles. The molecule has 0 aromatic heterocycles. The predicted octanol–water partition coefficient (Wildman–Crippen LogP) is 3.66. The molecule has 7 nitrogen and oxygen atoms in total. The van der Waals surface area contributed by atoms with E-state index in [0.29, 0.717) is 17.9 Å². The molecule has 0 spiro atoms. The van der Waals surface area contributed by atoms with E-state index < -0.39 is 31.5 Å². The Bertz CT molecular complexity index is 741. The average molecular weight is 534 g/mol. The van der Waals surface area contributed by atoms with E-state index in [4.69, 9.17) is 9.47 Å². The van der Waals surface area contributed by atoms with Crippen molar-refractivity contribution >= 4 is 54.2 Å². The Morgan fingerprint density at radius 2 is 1.72 bits per heavy atom. The maximum atomic E-state index is 12.6. The van der Waals surface area contributed by atoms with Crippen molar-refractivity contribution in [3.63, 3.8) is 0 Å². The van der Waals surface area contributed by atoms with Gasteiger partial charge >= 0.3 is 11.9 Å². The van der Waals surface area contributed by atoms with Gasteiger partial charge in [-0.1, -0.05) is 19.6 Å². The summed E-state index contributed by atoms with van der Waals surface area (Å²) in [6, 6.07) is 6.10. The van der Waals surface area contributed by atoms with Gasteiger partial charge < -0.3 is 20.1 Å². The zero-order valence-electron chi connectivity index (χ0n) is 18.0. The third-order valence-electron chi connectivity index (χ3n) is 3.58. The molecule has 1 amide bonds. The van der Waals surface area contributed by atoms with Crippen molar-refractivity contribution in [2.24, 2.45) is 0 Å². The van der Waals surface area contributed by atoms with Crippen LogP contribution >= 0.6 is 22.6 Å². The second-order valence-electron chi connectivity index (χ2n) is 8.84. The van der Waals surface area contributed by atoms with E-state index in [-0.39, 0.29) is 13.1 Å².